The zero-order chi connectivity index (χ0) is 36.8. The van der Waals surface area contributed by atoms with Gasteiger partial charge in [-0.25, -0.2) is 4.79 Å². The van der Waals surface area contributed by atoms with Crippen molar-refractivity contribution in [3.8, 4) is 0 Å². The van der Waals surface area contributed by atoms with Gasteiger partial charge in [0.2, 0.25) is 0 Å². The van der Waals surface area contributed by atoms with Crippen LogP contribution in [0, 0.1) is 6.92 Å². The number of halogens is 1. The van der Waals surface area contributed by atoms with Crippen LogP contribution in [0.25, 0.3) is 0 Å². The summed E-state index contributed by atoms with van der Waals surface area (Å²) in [5.74, 6) is -0.929. The normalized spacial score (nSPS) is 13.5. The number of esters is 1. The lowest BCUT2D eigenvalue weighted by molar-refractivity contribution is -0.147. The number of rotatable bonds is 11. The first kappa shape index (κ1) is 36.2. The first-order valence-electron chi connectivity index (χ1n) is 17.9. The molecule has 0 spiro atoms. The summed E-state index contributed by atoms with van der Waals surface area (Å²) in [6.45, 7) is 3.32. The van der Waals surface area contributed by atoms with Crippen LogP contribution >= 0.6 is 24.2 Å². The van der Waals surface area contributed by atoms with Crippen molar-refractivity contribution < 1.29 is 14.3 Å². The molecular weight excluding hydrogens is 696 g/mol. The number of aryl methyl sites for hydroxylation is 1. The highest BCUT2D eigenvalue weighted by Gasteiger charge is 2.43. The molecule has 0 radical (unpaired) electrons. The number of carbonyl (C=O) groups excluding carboxylic acids is 2. The summed E-state index contributed by atoms with van der Waals surface area (Å²) in [6, 6.07) is 50.1. The Morgan fingerprint density at radius 2 is 1.32 bits per heavy atom. The van der Waals surface area contributed by atoms with E-state index in [1.165, 1.54) is 16.7 Å². The van der Waals surface area contributed by atoms with Crippen molar-refractivity contribution in [2.45, 2.75) is 49.4 Å². The minimum atomic E-state index is -0.938. The van der Waals surface area contributed by atoms with Crippen LogP contribution in [-0.4, -0.2) is 29.4 Å². The van der Waals surface area contributed by atoms with Gasteiger partial charge >= 0.3 is 5.97 Å². The number of nitrogens with zero attached hydrogens (tertiary/aromatic N) is 1. The van der Waals surface area contributed by atoms with Gasteiger partial charge in [-0.3, -0.25) is 9.69 Å². The van der Waals surface area contributed by atoms with Crippen LogP contribution in [-0.2, 0) is 41.1 Å². The van der Waals surface area contributed by atoms with E-state index < -0.39 is 23.5 Å². The van der Waals surface area contributed by atoms with Gasteiger partial charge < -0.3 is 10.1 Å². The second-order valence-electron chi connectivity index (χ2n) is 13.5. The molecule has 6 aromatic rings. The Bertz CT molecular complexity index is 2100. The number of amides is 1. The summed E-state index contributed by atoms with van der Waals surface area (Å²) in [4.78, 5) is 31.0. The van der Waals surface area contributed by atoms with Crippen LogP contribution in [0.4, 0.5) is 0 Å². The second kappa shape index (κ2) is 16.3. The van der Waals surface area contributed by atoms with Gasteiger partial charge in [0.05, 0.1) is 16.1 Å². The smallest absolute Gasteiger partial charge is 0.329 e. The molecule has 0 bridgehead atoms. The number of carbonyl (C=O) groups is 2. The molecule has 1 N–H and O–H groups in total. The van der Waals surface area contributed by atoms with Gasteiger partial charge in [-0.1, -0.05) is 151 Å². The molecule has 0 saturated carbocycles. The molecule has 1 aliphatic heterocycles. The summed E-state index contributed by atoms with van der Waals surface area (Å²) >= 11 is 11.7. The molecule has 6 aromatic carbocycles. The summed E-state index contributed by atoms with van der Waals surface area (Å²) in [5.41, 5.74) is 7.81. The van der Waals surface area contributed by atoms with E-state index in [4.69, 9.17) is 16.3 Å². The first-order chi connectivity index (χ1) is 25.8. The van der Waals surface area contributed by atoms with Gasteiger partial charge in [0.15, 0.2) is 0 Å². The Morgan fingerprint density at radius 1 is 0.774 bits per heavy atom. The highest BCUT2D eigenvalue weighted by atomic mass is 35.5. The Labute approximate surface area is 322 Å². The molecule has 5 nitrogen and oxygen atoms in total. The lowest BCUT2D eigenvalue weighted by atomic mass is 9.74. The van der Waals surface area contributed by atoms with Crippen LogP contribution < -0.4 is 5.32 Å². The quantitative estimate of drug-likeness (QED) is 0.0791. The average molecular weight is 737 g/mol. The topological polar surface area (TPSA) is 58.6 Å². The third kappa shape index (κ3) is 7.67. The van der Waals surface area contributed by atoms with Crippen molar-refractivity contribution in [2.75, 3.05) is 6.54 Å². The van der Waals surface area contributed by atoms with E-state index in [0.29, 0.717) is 30.1 Å². The minimum absolute atomic E-state index is 0.101. The molecule has 0 saturated heterocycles. The Balaban J connectivity index is 1.21. The predicted octanol–water partition coefficient (Wildman–Crippen LogP) is 9.37. The average Bonchev–Trinajstić information content (AvgIpc) is 3.18. The number of nitrogens with one attached hydrogen (secondary N) is 1. The first-order valence-corrected chi connectivity index (χ1v) is 18.7. The number of hydrogen-bond acceptors (Lipinski definition) is 5. The fourth-order valence-electron chi connectivity index (χ4n) is 7.65. The highest BCUT2D eigenvalue weighted by molar-refractivity contribution is 7.80. The molecule has 0 unspecified atom stereocenters. The fraction of sp³-hybridized carbons (Fsp3) is 0.174. The van der Waals surface area contributed by atoms with Crippen molar-refractivity contribution in [1.29, 1.82) is 0 Å². The molecule has 1 aliphatic rings. The van der Waals surface area contributed by atoms with Crippen LogP contribution in [0.3, 0.4) is 0 Å². The van der Waals surface area contributed by atoms with Gasteiger partial charge in [0.1, 0.15) is 12.6 Å². The molecule has 0 aliphatic carbocycles. The Kier molecular flexibility index (Phi) is 11.1. The second-order valence-corrected chi connectivity index (χ2v) is 14.4. The molecule has 1 amide bonds. The van der Waals surface area contributed by atoms with Crippen molar-refractivity contribution in [2.24, 2.45) is 0 Å². The lowest BCUT2D eigenvalue weighted by Gasteiger charge is -2.48. The number of ether oxygens (including phenoxy) is 1. The Morgan fingerprint density at radius 3 is 1.89 bits per heavy atom. The fourth-order valence-corrected chi connectivity index (χ4v) is 8.35. The van der Waals surface area contributed by atoms with Gasteiger partial charge in [-0.15, -0.1) is 12.6 Å². The summed E-state index contributed by atoms with van der Waals surface area (Å²) in [7, 11) is 0. The highest BCUT2D eigenvalue weighted by Crippen LogP contribution is 2.45. The maximum absolute atomic E-state index is 14.2. The maximum atomic E-state index is 14.2. The summed E-state index contributed by atoms with van der Waals surface area (Å²) in [6.07, 6.45) is 0.880. The van der Waals surface area contributed by atoms with Crippen molar-refractivity contribution in [3.05, 3.63) is 207 Å². The number of benzene rings is 6. The Hall–Kier alpha value is -5.14. The molecule has 7 rings (SSSR count). The van der Waals surface area contributed by atoms with E-state index in [1.807, 2.05) is 61.5 Å². The van der Waals surface area contributed by atoms with Gasteiger partial charge in [0.25, 0.3) is 5.91 Å². The van der Waals surface area contributed by atoms with E-state index in [2.05, 4.69) is 120 Å². The minimum Gasteiger partial charge on any atom is -0.459 e. The molecule has 0 fully saturated rings. The van der Waals surface area contributed by atoms with Gasteiger partial charge in [-0.05, 0) is 70.0 Å². The summed E-state index contributed by atoms with van der Waals surface area (Å²) < 4.78 is 5.72. The van der Waals surface area contributed by atoms with E-state index in [0.717, 1.165) is 32.7 Å². The molecule has 7 heteroatoms. The zero-order valence-electron chi connectivity index (χ0n) is 29.5. The predicted molar refractivity (Wildman–Crippen MR) is 214 cm³/mol. The van der Waals surface area contributed by atoms with Crippen LogP contribution in [0.15, 0.2) is 157 Å². The van der Waals surface area contributed by atoms with Crippen LogP contribution in [0.1, 0.15) is 54.9 Å². The lowest BCUT2D eigenvalue weighted by Crippen LogP contribution is -2.50. The van der Waals surface area contributed by atoms with Crippen molar-refractivity contribution in [1.82, 2.24) is 10.2 Å². The maximum Gasteiger partial charge on any atom is 0.329 e. The molecule has 1 heterocycles. The number of fused-ring (bicyclic) bond motifs is 1. The van der Waals surface area contributed by atoms with Crippen LogP contribution in [0.5, 0.6) is 0 Å². The SMILES string of the molecule is Cc1cc2c(c(Cl)c1C(=O)N[C@@H](Cc1cccc(S)c1)C(=O)OCc1ccccc1)CCN(C(c1ccccc1)(c1ccccc1)c1ccccc1)C2. The zero-order valence-corrected chi connectivity index (χ0v) is 31.2. The van der Waals surface area contributed by atoms with Gasteiger partial charge in [0, 0.05) is 24.4 Å². The number of thiol groups is 1. The third-order valence-electron chi connectivity index (χ3n) is 10.1. The third-order valence-corrected chi connectivity index (χ3v) is 10.8. The summed E-state index contributed by atoms with van der Waals surface area (Å²) in [5, 5.41) is 3.42. The van der Waals surface area contributed by atoms with E-state index in [-0.39, 0.29) is 13.0 Å². The van der Waals surface area contributed by atoms with E-state index >= 15 is 0 Å². The van der Waals surface area contributed by atoms with E-state index in [9.17, 15) is 9.59 Å². The monoisotopic (exact) mass is 736 g/mol. The molecule has 1 atom stereocenters. The standard InChI is InChI=1S/C46H41ClN2O3S/c1-32-27-35-30-49(46(36-18-8-3-9-19-36,37-20-10-4-11-21-37)38-22-12-5-13-23-38)26-25-40(35)43(47)42(32)44(50)48-41(29-34-17-14-24-39(53)28-34)45(51)52-31-33-15-6-2-7-16-33/h2-24,27-28,41,53H,25-26,29-31H2,1H3,(H,48,50)/t41-/m0/s1. The largest absolute Gasteiger partial charge is 0.459 e. The molecular formula is C46H41ClN2O3S. The van der Waals surface area contributed by atoms with Crippen LogP contribution in [0.2, 0.25) is 5.02 Å². The molecule has 266 valence electrons. The van der Waals surface area contributed by atoms with E-state index in [1.54, 1.807) is 0 Å². The molecule has 53 heavy (non-hydrogen) atoms. The molecule has 0 aromatic heterocycles. The number of hydrogen-bond donors (Lipinski definition) is 2. The van der Waals surface area contributed by atoms with Gasteiger partial charge in [-0.2, -0.15) is 0 Å². The van der Waals surface area contributed by atoms with Crippen molar-refractivity contribution in [3.63, 3.8) is 0 Å². The van der Waals surface area contributed by atoms with Crippen molar-refractivity contribution >= 4 is 36.1 Å².